The van der Waals surface area contributed by atoms with Crippen molar-refractivity contribution in [3.05, 3.63) is 71.3 Å². The first kappa shape index (κ1) is 22.3. The van der Waals surface area contributed by atoms with E-state index >= 15 is 0 Å². The molecule has 32 heavy (non-hydrogen) atoms. The lowest BCUT2D eigenvalue weighted by molar-refractivity contribution is -0.109. The molecule has 168 valence electrons. The van der Waals surface area contributed by atoms with Gasteiger partial charge in [-0.1, -0.05) is 42.0 Å². The minimum atomic E-state index is -0.836. The van der Waals surface area contributed by atoms with Crippen molar-refractivity contribution >= 4 is 12.2 Å². The Hall–Kier alpha value is -2.90. The average Bonchev–Trinajstić information content (AvgIpc) is 2.81. The van der Waals surface area contributed by atoms with Crippen molar-refractivity contribution in [3.63, 3.8) is 0 Å². The van der Waals surface area contributed by atoms with E-state index in [0.717, 1.165) is 39.0 Å². The normalized spacial score (nSPS) is 17.8. The Labute approximate surface area is 186 Å². The predicted octanol–water partition coefficient (Wildman–Crippen LogP) is 3.22. The van der Waals surface area contributed by atoms with Crippen LogP contribution in [0.2, 0.25) is 0 Å². The quantitative estimate of drug-likeness (QED) is 0.512. The highest BCUT2D eigenvalue weighted by Crippen LogP contribution is 2.26. The van der Waals surface area contributed by atoms with Crippen LogP contribution in [-0.2, 0) is 4.79 Å². The number of carbonyl (C=O) groups excluding carboxylic acids is 2. The van der Waals surface area contributed by atoms with Gasteiger partial charge in [0.2, 0.25) is 0 Å². The molecule has 0 atom stereocenters. The fourth-order valence-corrected chi connectivity index (χ4v) is 4.29. The maximum atomic E-state index is 14.7. The molecule has 1 saturated heterocycles. The number of rotatable bonds is 6. The van der Waals surface area contributed by atoms with Crippen LogP contribution >= 0.6 is 0 Å². The molecule has 0 radical (unpaired) electrons. The molecule has 0 unspecified atom stereocenters. The molecule has 0 bridgehead atoms. The number of benzene rings is 2. The maximum Gasteiger partial charge on any atom is 0.260 e. The molecule has 4 rings (SSSR count). The molecule has 0 saturated carbocycles. The van der Waals surface area contributed by atoms with Crippen LogP contribution in [0.4, 0.5) is 8.78 Å². The first-order valence-electron chi connectivity index (χ1n) is 10.9. The first-order valence-corrected chi connectivity index (χ1v) is 10.9. The van der Waals surface area contributed by atoms with Gasteiger partial charge in [0.1, 0.15) is 23.5 Å². The maximum absolute atomic E-state index is 14.7. The van der Waals surface area contributed by atoms with Gasteiger partial charge >= 0.3 is 0 Å². The van der Waals surface area contributed by atoms with Crippen molar-refractivity contribution in [2.24, 2.45) is 0 Å². The lowest BCUT2D eigenvalue weighted by atomic mass is 10.0. The first-order chi connectivity index (χ1) is 15.5. The van der Waals surface area contributed by atoms with E-state index in [9.17, 15) is 18.4 Å². The van der Waals surface area contributed by atoms with E-state index in [1.165, 1.54) is 22.6 Å². The zero-order chi connectivity index (χ0) is 22.5. The van der Waals surface area contributed by atoms with Crippen molar-refractivity contribution in [2.45, 2.75) is 6.42 Å². The van der Waals surface area contributed by atoms with E-state index in [1.54, 1.807) is 24.3 Å². The number of hydrogen-bond acceptors (Lipinski definition) is 4. The molecule has 7 heteroatoms. The van der Waals surface area contributed by atoms with Crippen LogP contribution in [0.3, 0.4) is 0 Å². The summed E-state index contributed by atoms with van der Waals surface area (Å²) in [5.74, 6) is -2.29. The number of piperazine rings is 1. The summed E-state index contributed by atoms with van der Waals surface area (Å²) in [4.78, 5) is 29.5. The minimum Gasteiger partial charge on any atom is -0.334 e. The third-order valence-electron chi connectivity index (χ3n) is 6.18. The third kappa shape index (κ3) is 5.11. The fourth-order valence-electron chi connectivity index (χ4n) is 4.29. The third-order valence-corrected chi connectivity index (χ3v) is 6.18. The summed E-state index contributed by atoms with van der Waals surface area (Å²) >= 11 is 0. The number of amides is 1. The predicted molar refractivity (Wildman–Crippen MR) is 119 cm³/mol. The summed E-state index contributed by atoms with van der Waals surface area (Å²) < 4.78 is 29.5. The van der Waals surface area contributed by atoms with Gasteiger partial charge in [0.25, 0.3) is 5.91 Å². The molecule has 1 fully saturated rings. The Morgan fingerprint density at radius 2 is 1.56 bits per heavy atom. The van der Waals surface area contributed by atoms with Crippen LogP contribution < -0.4 is 0 Å². The molecular formula is C25H27F2N3O2. The summed E-state index contributed by atoms with van der Waals surface area (Å²) in [6, 6.07) is 11.4. The van der Waals surface area contributed by atoms with Crippen molar-refractivity contribution in [2.75, 3.05) is 52.4 Å². The van der Waals surface area contributed by atoms with Crippen LogP contribution in [-0.4, -0.2) is 79.3 Å². The van der Waals surface area contributed by atoms with Crippen molar-refractivity contribution < 1.29 is 18.4 Å². The largest absolute Gasteiger partial charge is 0.334 e. The van der Waals surface area contributed by atoms with E-state index < -0.39 is 23.1 Å². The van der Waals surface area contributed by atoms with Crippen molar-refractivity contribution in [1.29, 1.82) is 0 Å². The van der Waals surface area contributed by atoms with Gasteiger partial charge in [0, 0.05) is 45.8 Å². The number of hydrogen-bond donors (Lipinski definition) is 0. The molecule has 0 spiro atoms. The number of carbonyl (C=O) groups is 2. The summed E-state index contributed by atoms with van der Waals surface area (Å²) in [6.45, 7) is 5.63. The highest BCUT2D eigenvalue weighted by molar-refractivity contribution is 5.95. The summed E-state index contributed by atoms with van der Waals surface area (Å²) in [5, 5.41) is 0. The van der Waals surface area contributed by atoms with Gasteiger partial charge < -0.3 is 9.69 Å². The van der Waals surface area contributed by atoms with Crippen LogP contribution in [0.5, 0.6) is 0 Å². The molecular weight excluding hydrogens is 412 g/mol. The SMILES string of the molecule is O=CCN1CCN(CC2=CCN(C(=O)c3c(F)cc(-c4ccccc4)cc3F)CC2)CC1. The van der Waals surface area contributed by atoms with Gasteiger partial charge in [0.15, 0.2) is 0 Å². The summed E-state index contributed by atoms with van der Waals surface area (Å²) in [6.07, 6.45) is 3.62. The van der Waals surface area contributed by atoms with Crippen LogP contribution in [0.25, 0.3) is 11.1 Å². The highest BCUT2D eigenvalue weighted by atomic mass is 19.1. The van der Waals surface area contributed by atoms with Gasteiger partial charge in [0.05, 0.1) is 6.54 Å². The average molecular weight is 440 g/mol. The van der Waals surface area contributed by atoms with Crippen molar-refractivity contribution in [3.8, 4) is 11.1 Å². The Kier molecular flexibility index (Phi) is 7.07. The standard InChI is InChI=1S/C25H27F2N3O2/c26-22-16-21(20-4-2-1-3-5-20)17-23(27)24(22)25(32)30-8-6-19(7-9-30)18-29-12-10-28(11-13-29)14-15-31/h1-6,15-17H,7-14,18H2. The van der Waals surface area contributed by atoms with E-state index in [4.69, 9.17) is 0 Å². The molecule has 2 heterocycles. The van der Waals surface area contributed by atoms with Gasteiger partial charge in [-0.15, -0.1) is 0 Å². The number of aldehydes is 1. The molecule has 0 aromatic heterocycles. The smallest absolute Gasteiger partial charge is 0.260 e. The van der Waals surface area contributed by atoms with E-state index in [1.807, 2.05) is 12.1 Å². The van der Waals surface area contributed by atoms with E-state index in [2.05, 4.69) is 9.80 Å². The molecule has 5 nitrogen and oxygen atoms in total. The zero-order valence-electron chi connectivity index (χ0n) is 18.0. The van der Waals surface area contributed by atoms with Gasteiger partial charge in [-0.05, 0) is 29.7 Å². The second-order valence-electron chi connectivity index (χ2n) is 8.29. The summed E-state index contributed by atoms with van der Waals surface area (Å²) in [7, 11) is 0. The molecule has 2 aromatic carbocycles. The zero-order valence-corrected chi connectivity index (χ0v) is 18.0. The van der Waals surface area contributed by atoms with Crippen LogP contribution in [0.1, 0.15) is 16.8 Å². The monoisotopic (exact) mass is 439 g/mol. The van der Waals surface area contributed by atoms with Crippen LogP contribution in [0.15, 0.2) is 54.1 Å². The second kappa shape index (κ2) is 10.1. The van der Waals surface area contributed by atoms with E-state index in [-0.39, 0.29) is 0 Å². The number of halogens is 2. The Morgan fingerprint density at radius 3 is 2.16 bits per heavy atom. The Morgan fingerprint density at radius 1 is 0.906 bits per heavy atom. The Balaban J connectivity index is 1.38. The van der Waals surface area contributed by atoms with Gasteiger partial charge in [-0.2, -0.15) is 0 Å². The topological polar surface area (TPSA) is 43.9 Å². The lowest BCUT2D eigenvalue weighted by Crippen LogP contribution is -2.47. The highest BCUT2D eigenvalue weighted by Gasteiger charge is 2.26. The van der Waals surface area contributed by atoms with Crippen LogP contribution in [0, 0.1) is 11.6 Å². The van der Waals surface area contributed by atoms with Gasteiger partial charge in [-0.25, -0.2) is 8.78 Å². The molecule has 2 aromatic rings. The molecule has 1 amide bonds. The van der Waals surface area contributed by atoms with E-state index in [0.29, 0.717) is 37.2 Å². The molecule has 0 aliphatic carbocycles. The Bertz CT molecular complexity index is 978. The number of nitrogens with zero attached hydrogens (tertiary/aromatic N) is 3. The molecule has 2 aliphatic rings. The molecule has 2 aliphatic heterocycles. The fraction of sp³-hybridized carbons (Fsp3) is 0.360. The summed E-state index contributed by atoms with van der Waals surface area (Å²) in [5.41, 5.74) is 1.85. The second-order valence-corrected chi connectivity index (χ2v) is 8.29. The lowest BCUT2D eigenvalue weighted by Gasteiger charge is -2.35. The van der Waals surface area contributed by atoms with Crippen molar-refractivity contribution in [1.82, 2.24) is 14.7 Å². The van der Waals surface area contributed by atoms with Gasteiger partial charge in [-0.3, -0.25) is 14.6 Å². The molecule has 0 N–H and O–H groups in total. The minimum absolute atomic E-state index is 0.346.